The fraction of sp³-hybridized carbons (Fsp3) is 0.462. The number of fused-ring (bicyclic) bond motifs is 1. The highest BCUT2D eigenvalue weighted by Gasteiger charge is 2.33. The van der Waals surface area contributed by atoms with Crippen LogP contribution in [0.25, 0.3) is 10.8 Å². The fourth-order valence-corrected chi connectivity index (χ4v) is 7.17. The summed E-state index contributed by atoms with van der Waals surface area (Å²) in [6.07, 6.45) is 0.610. The van der Waals surface area contributed by atoms with Crippen LogP contribution in [0.15, 0.2) is 36.4 Å². The summed E-state index contributed by atoms with van der Waals surface area (Å²) in [6, 6.07) is 11.7. The maximum absolute atomic E-state index is 13.7. The van der Waals surface area contributed by atoms with Gasteiger partial charge in [0, 0.05) is 26.2 Å². The first kappa shape index (κ1) is 23.7. The van der Waals surface area contributed by atoms with Crippen LogP contribution in [0.4, 0.5) is 5.69 Å². The van der Waals surface area contributed by atoms with Gasteiger partial charge in [-0.2, -0.15) is 5.10 Å². The van der Waals surface area contributed by atoms with E-state index in [9.17, 15) is 13.2 Å². The lowest BCUT2D eigenvalue weighted by molar-refractivity contribution is 0.0744. The minimum atomic E-state index is -2.98. The smallest absolute Gasteiger partial charge is 0.258 e. The number of rotatable bonds is 5. The van der Waals surface area contributed by atoms with Crippen molar-refractivity contribution in [1.82, 2.24) is 14.7 Å². The zero-order valence-corrected chi connectivity index (χ0v) is 21.3. The summed E-state index contributed by atoms with van der Waals surface area (Å²) in [6.45, 7) is 8.98. The van der Waals surface area contributed by atoms with Crippen LogP contribution in [0.1, 0.15) is 41.1 Å². The monoisotopic (exact) mass is 496 g/mol. The van der Waals surface area contributed by atoms with Crippen LogP contribution in [-0.4, -0.2) is 73.3 Å². The third kappa shape index (κ3) is 4.37. The summed E-state index contributed by atoms with van der Waals surface area (Å²) < 4.78 is 31.7. The third-order valence-corrected chi connectivity index (χ3v) is 8.88. The first-order valence-electron chi connectivity index (χ1n) is 12.2. The number of aryl methyl sites for hydroxylation is 1. The molecule has 3 heterocycles. The second-order valence-corrected chi connectivity index (χ2v) is 11.6. The van der Waals surface area contributed by atoms with Crippen LogP contribution >= 0.6 is 0 Å². The van der Waals surface area contributed by atoms with Gasteiger partial charge in [0.25, 0.3) is 5.91 Å². The highest BCUT2D eigenvalue weighted by Crippen LogP contribution is 2.33. The van der Waals surface area contributed by atoms with Gasteiger partial charge in [0.15, 0.2) is 9.84 Å². The van der Waals surface area contributed by atoms with Crippen LogP contribution < -0.4 is 9.64 Å². The van der Waals surface area contributed by atoms with Gasteiger partial charge >= 0.3 is 0 Å². The average Bonchev–Trinajstić information content (AvgIpc) is 3.36. The fourth-order valence-electron chi connectivity index (χ4n) is 5.47. The average molecular weight is 497 g/mol. The highest BCUT2D eigenvalue weighted by atomic mass is 32.2. The zero-order chi connectivity index (χ0) is 24.7. The van der Waals surface area contributed by atoms with Gasteiger partial charge in [-0.1, -0.05) is 30.3 Å². The molecule has 1 atom stereocenters. The van der Waals surface area contributed by atoms with Crippen molar-refractivity contribution in [2.24, 2.45) is 0 Å². The molecule has 1 amide bonds. The number of anilines is 1. The van der Waals surface area contributed by atoms with Crippen molar-refractivity contribution in [3.63, 3.8) is 0 Å². The molecule has 2 saturated heterocycles. The van der Waals surface area contributed by atoms with Crippen molar-refractivity contribution in [2.75, 3.05) is 49.2 Å². The van der Waals surface area contributed by atoms with E-state index in [-0.39, 0.29) is 23.5 Å². The molecule has 0 spiro atoms. The van der Waals surface area contributed by atoms with Crippen LogP contribution in [0, 0.1) is 13.8 Å². The van der Waals surface area contributed by atoms with Crippen LogP contribution in [-0.2, 0) is 9.84 Å². The number of ether oxygens (including phenoxy) is 1. The third-order valence-electron chi connectivity index (χ3n) is 7.13. The topological polar surface area (TPSA) is 84.7 Å². The Kier molecular flexibility index (Phi) is 6.21. The first-order chi connectivity index (χ1) is 16.8. The van der Waals surface area contributed by atoms with Crippen LogP contribution in [0.5, 0.6) is 5.75 Å². The molecule has 186 valence electrons. The van der Waals surface area contributed by atoms with Crippen molar-refractivity contribution >= 4 is 32.2 Å². The van der Waals surface area contributed by atoms with Crippen LogP contribution in [0.2, 0.25) is 0 Å². The van der Waals surface area contributed by atoms with Gasteiger partial charge in [0.1, 0.15) is 5.75 Å². The maximum Gasteiger partial charge on any atom is 0.258 e. The number of benzene rings is 2. The molecule has 2 aliphatic rings. The molecule has 9 heteroatoms. The number of hydrogen-bond donors (Lipinski definition) is 0. The lowest BCUT2D eigenvalue weighted by Gasteiger charge is -2.36. The number of sulfone groups is 1. The Bertz CT molecular complexity index is 1370. The highest BCUT2D eigenvalue weighted by molar-refractivity contribution is 7.91. The van der Waals surface area contributed by atoms with E-state index in [0.717, 1.165) is 27.8 Å². The van der Waals surface area contributed by atoms with E-state index in [0.29, 0.717) is 50.5 Å². The van der Waals surface area contributed by atoms with E-state index in [1.807, 2.05) is 66.8 Å². The number of amides is 1. The predicted molar refractivity (Wildman–Crippen MR) is 137 cm³/mol. The molecule has 0 radical (unpaired) electrons. The van der Waals surface area contributed by atoms with Crippen molar-refractivity contribution in [2.45, 2.75) is 33.2 Å². The summed E-state index contributed by atoms with van der Waals surface area (Å²) >= 11 is 0. The molecule has 5 rings (SSSR count). The van der Waals surface area contributed by atoms with Gasteiger partial charge in [-0.25, -0.2) is 8.42 Å². The van der Waals surface area contributed by atoms with E-state index in [4.69, 9.17) is 9.84 Å². The first-order valence-corrected chi connectivity index (χ1v) is 14.1. The second kappa shape index (κ2) is 9.18. The number of carbonyl (C=O) groups excluding carboxylic acids is 1. The molecule has 1 unspecified atom stereocenters. The minimum absolute atomic E-state index is 0.00907. The van der Waals surface area contributed by atoms with Crippen molar-refractivity contribution in [3.05, 3.63) is 53.3 Å². The quantitative estimate of drug-likeness (QED) is 0.539. The van der Waals surface area contributed by atoms with E-state index >= 15 is 0 Å². The summed E-state index contributed by atoms with van der Waals surface area (Å²) in [7, 11) is -2.98. The molecule has 2 aliphatic heterocycles. The van der Waals surface area contributed by atoms with E-state index in [1.54, 1.807) is 0 Å². The molecule has 2 fully saturated rings. The van der Waals surface area contributed by atoms with E-state index < -0.39 is 9.84 Å². The standard InChI is InChI=1S/C26H32N4O4S/c1-4-34-23-10-9-20-7-5-6-8-22(20)24(23)26(31)29-14-12-28(13-15-29)25-18(2)27-30(19(25)3)21-11-16-35(32,33)17-21/h5-10,21H,4,11-17H2,1-3H3. The molecule has 0 bridgehead atoms. The Labute approximate surface area is 206 Å². The molecule has 0 aliphatic carbocycles. The Morgan fingerprint density at radius 1 is 1.09 bits per heavy atom. The van der Waals surface area contributed by atoms with Gasteiger partial charge in [-0.3, -0.25) is 9.48 Å². The number of nitrogens with zero attached hydrogens (tertiary/aromatic N) is 4. The maximum atomic E-state index is 13.7. The van der Waals surface area contributed by atoms with E-state index in [2.05, 4.69) is 4.90 Å². The van der Waals surface area contributed by atoms with Crippen molar-refractivity contribution < 1.29 is 17.9 Å². The van der Waals surface area contributed by atoms with Gasteiger partial charge < -0.3 is 14.5 Å². The number of piperazine rings is 1. The molecule has 0 N–H and O–H groups in total. The number of hydrogen-bond acceptors (Lipinski definition) is 6. The van der Waals surface area contributed by atoms with Gasteiger partial charge in [0.05, 0.1) is 46.8 Å². The molecule has 8 nitrogen and oxygen atoms in total. The molecular weight excluding hydrogens is 464 g/mol. The summed E-state index contributed by atoms with van der Waals surface area (Å²) in [5.74, 6) is 0.997. The minimum Gasteiger partial charge on any atom is -0.493 e. The Balaban J connectivity index is 1.36. The van der Waals surface area contributed by atoms with Crippen molar-refractivity contribution in [1.29, 1.82) is 0 Å². The Hall–Kier alpha value is -3.07. The van der Waals surface area contributed by atoms with Crippen molar-refractivity contribution in [3.8, 4) is 5.75 Å². The Morgan fingerprint density at radius 2 is 1.83 bits per heavy atom. The van der Waals surface area contributed by atoms with Crippen LogP contribution in [0.3, 0.4) is 0 Å². The summed E-state index contributed by atoms with van der Waals surface area (Å²) in [5, 5.41) is 6.64. The molecule has 0 saturated carbocycles. The summed E-state index contributed by atoms with van der Waals surface area (Å²) in [5.41, 5.74) is 3.58. The zero-order valence-electron chi connectivity index (χ0n) is 20.5. The SMILES string of the molecule is CCOc1ccc2ccccc2c1C(=O)N1CCN(c2c(C)nn(C3CCS(=O)(=O)C3)c2C)CC1. The summed E-state index contributed by atoms with van der Waals surface area (Å²) in [4.78, 5) is 17.9. The van der Waals surface area contributed by atoms with Gasteiger partial charge in [0.2, 0.25) is 0 Å². The van der Waals surface area contributed by atoms with Gasteiger partial charge in [-0.15, -0.1) is 0 Å². The molecule has 35 heavy (non-hydrogen) atoms. The Morgan fingerprint density at radius 3 is 2.51 bits per heavy atom. The predicted octanol–water partition coefficient (Wildman–Crippen LogP) is 3.37. The normalized spacial score (nSPS) is 19.9. The molecule has 2 aromatic carbocycles. The second-order valence-electron chi connectivity index (χ2n) is 9.39. The molecular formula is C26H32N4O4S. The largest absolute Gasteiger partial charge is 0.493 e. The molecule has 1 aromatic heterocycles. The lowest BCUT2D eigenvalue weighted by Crippen LogP contribution is -2.49. The van der Waals surface area contributed by atoms with E-state index in [1.165, 1.54) is 0 Å². The number of carbonyl (C=O) groups is 1. The number of aromatic nitrogens is 2. The molecule has 3 aromatic rings. The van der Waals surface area contributed by atoms with Gasteiger partial charge in [-0.05, 0) is 44.0 Å². The lowest BCUT2D eigenvalue weighted by atomic mass is 10.0.